The van der Waals surface area contributed by atoms with Gasteiger partial charge in [0.25, 0.3) is 0 Å². The summed E-state index contributed by atoms with van der Waals surface area (Å²) in [7, 11) is -3.46. The van der Waals surface area contributed by atoms with Gasteiger partial charge in [0.2, 0.25) is 5.91 Å². The van der Waals surface area contributed by atoms with E-state index in [0.717, 1.165) is 19.3 Å². The number of amides is 1. The third kappa shape index (κ3) is 11.2. The maximum absolute atomic E-state index is 11.8. The number of carboxylic acids is 1. The molecule has 0 saturated carbocycles. The van der Waals surface area contributed by atoms with E-state index >= 15 is 0 Å². The standard InChI is InChI=1S/C14H27NO5S/c1-3-4-5-6-7-8-9-10-21(19,20)11-13(14(17)18)15-12(2)16/h13H,3-11H2,1-2H3,(H,15,16)(H,17,18)/t13-/m0/s1. The van der Waals surface area contributed by atoms with Gasteiger partial charge in [-0.25, -0.2) is 13.2 Å². The summed E-state index contributed by atoms with van der Waals surface area (Å²) in [6.45, 7) is 3.30. The summed E-state index contributed by atoms with van der Waals surface area (Å²) in [5, 5.41) is 11.0. The van der Waals surface area contributed by atoms with Crippen LogP contribution in [0, 0.1) is 0 Å². The molecule has 0 radical (unpaired) electrons. The largest absolute Gasteiger partial charge is 0.480 e. The zero-order chi connectivity index (χ0) is 16.3. The SMILES string of the molecule is CCCCCCCCCS(=O)(=O)C[C@H](NC(C)=O)C(=O)O. The number of unbranched alkanes of at least 4 members (excludes halogenated alkanes) is 6. The molecule has 6 nitrogen and oxygen atoms in total. The molecule has 0 aliphatic rings. The molecule has 1 atom stereocenters. The Labute approximate surface area is 127 Å². The number of carbonyl (C=O) groups is 2. The number of rotatable bonds is 12. The third-order valence-electron chi connectivity index (χ3n) is 3.16. The fourth-order valence-corrected chi connectivity index (χ4v) is 3.58. The fraction of sp³-hybridized carbons (Fsp3) is 0.857. The molecule has 0 saturated heterocycles. The van der Waals surface area contributed by atoms with E-state index in [0.29, 0.717) is 6.42 Å². The van der Waals surface area contributed by atoms with Crippen LogP contribution in [-0.2, 0) is 19.4 Å². The smallest absolute Gasteiger partial charge is 0.327 e. The molecule has 0 aliphatic carbocycles. The summed E-state index contributed by atoms with van der Waals surface area (Å²) < 4.78 is 23.7. The highest BCUT2D eigenvalue weighted by Gasteiger charge is 2.25. The van der Waals surface area contributed by atoms with Crippen LogP contribution < -0.4 is 5.32 Å². The number of nitrogens with one attached hydrogen (secondary N) is 1. The zero-order valence-corrected chi connectivity index (χ0v) is 13.7. The van der Waals surface area contributed by atoms with Gasteiger partial charge in [0.15, 0.2) is 9.84 Å². The predicted molar refractivity (Wildman–Crippen MR) is 81.9 cm³/mol. The minimum atomic E-state index is -3.46. The van der Waals surface area contributed by atoms with Gasteiger partial charge in [-0.2, -0.15) is 0 Å². The van der Waals surface area contributed by atoms with E-state index in [-0.39, 0.29) is 5.75 Å². The Morgan fingerprint density at radius 2 is 1.57 bits per heavy atom. The summed E-state index contributed by atoms with van der Waals surface area (Å²) >= 11 is 0. The lowest BCUT2D eigenvalue weighted by molar-refractivity contribution is -0.140. The lowest BCUT2D eigenvalue weighted by atomic mass is 10.1. The molecular formula is C14H27NO5S. The first kappa shape index (κ1) is 19.9. The van der Waals surface area contributed by atoms with E-state index in [1.54, 1.807) is 0 Å². The highest BCUT2D eigenvalue weighted by atomic mass is 32.2. The van der Waals surface area contributed by atoms with Crippen molar-refractivity contribution in [1.82, 2.24) is 5.32 Å². The van der Waals surface area contributed by atoms with Crippen molar-refractivity contribution >= 4 is 21.7 Å². The van der Waals surface area contributed by atoms with Gasteiger partial charge in [0.1, 0.15) is 6.04 Å². The molecule has 0 unspecified atom stereocenters. The van der Waals surface area contributed by atoms with Crippen LogP contribution in [0.25, 0.3) is 0 Å². The van der Waals surface area contributed by atoms with E-state index < -0.39 is 33.5 Å². The maximum Gasteiger partial charge on any atom is 0.327 e. The highest BCUT2D eigenvalue weighted by Crippen LogP contribution is 2.08. The van der Waals surface area contributed by atoms with E-state index in [4.69, 9.17) is 5.11 Å². The van der Waals surface area contributed by atoms with Crippen LogP contribution in [0.2, 0.25) is 0 Å². The molecule has 0 spiro atoms. The molecule has 0 aromatic carbocycles. The van der Waals surface area contributed by atoms with E-state index in [1.165, 1.54) is 26.2 Å². The van der Waals surface area contributed by atoms with Crippen molar-refractivity contribution < 1.29 is 23.1 Å². The number of hydrogen-bond donors (Lipinski definition) is 2. The average molecular weight is 321 g/mol. The minimum absolute atomic E-state index is 0.0237. The third-order valence-corrected chi connectivity index (χ3v) is 4.91. The average Bonchev–Trinajstić information content (AvgIpc) is 2.36. The van der Waals surface area contributed by atoms with Gasteiger partial charge in [-0.1, -0.05) is 45.4 Å². The molecule has 0 aromatic rings. The summed E-state index contributed by atoms with van der Waals surface area (Å²) in [6.07, 6.45) is 7.04. The first-order valence-corrected chi connectivity index (χ1v) is 9.31. The van der Waals surface area contributed by atoms with Crippen molar-refractivity contribution in [2.75, 3.05) is 11.5 Å². The number of hydrogen-bond acceptors (Lipinski definition) is 4. The van der Waals surface area contributed by atoms with Crippen molar-refractivity contribution in [1.29, 1.82) is 0 Å². The Bertz CT molecular complexity index is 419. The molecule has 0 bridgehead atoms. The highest BCUT2D eigenvalue weighted by molar-refractivity contribution is 7.91. The molecular weight excluding hydrogens is 294 g/mol. The molecule has 2 N–H and O–H groups in total. The molecule has 0 heterocycles. The summed E-state index contributed by atoms with van der Waals surface area (Å²) in [4.78, 5) is 21.8. The van der Waals surface area contributed by atoms with Gasteiger partial charge in [0.05, 0.1) is 11.5 Å². The van der Waals surface area contributed by atoms with Crippen molar-refractivity contribution in [3.63, 3.8) is 0 Å². The maximum atomic E-state index is 11.8. The number of carboxylic acid groups (broad SMARTS) is 1. The van der Waals surface area contributed by atoms with Gasteiger partial charge in [-0.3, -0.25) is 4.79 Å². The van der Waals surface area contributed by atoms with E-state index in [9.17, 15) is 18.0 Å². The minimum Gasteiger partial charge on any atom is -0.480 e. The quantitative estimate of drug-likeness (QED) is 0.533. The van der Waals surface area contributed by atoms with Crippen molar-refractivity contribution in [2.45, 2.75) is 64.8 Å². The molecule has 0 fully saturated rings. The molecule has 0 aromatic heterocycles. The monoisotopic (exact) mass is 321 g/mol. The van der Waals surface area contributed by atoms with Gasteiger partial charge < -0.3 is 10.4 Å². The first-order valence-electron chi connectivity index (χ1n) is 7.49. The first-order chi connectivity index (χ1) is 9.78. The molecule has 124 valence electrons. The second-order valence-electron chi connectivity index (χ2n) is 5.33. The predicted octanol–water partition coefficient (Wildman–Crippen LogP) is 1.74. The molecule has 0 aliphatic heterocycles. The lowest BCUT2D eigenvalue weighted by Crippen LogP contribution is -2.44. The Balaban J connectivity index is 4.06. The summed E-state index contributed by atoms with van der Waals surface area (Å²) in [6, 6.07) is -1.36. The van der Waals surface area contributed by atoms with Crippen molar-refractivity contribution in [3.8, 4) is 0 Å². The number of sulfone groups is 1. The summed E-state index contributed by atoms with van der Waals surface area (Å²) in [5.41, 5.74) is 0. The Morgan fingerprint density at radius 3 is 2.05 bits per heavy atom. The Morgan fingerprint density at radius 1 is 1.05 bits per heavy atom. The van der Waals surface area contributed by atoms with Crippen LogP contribution in [0.15, 0.2) is 0 Å². The summed E-state index contributed by atoms with van der Waals surface area (Å²) in [5.74, 6) is -2.44. The van der Waals surface area contributed by atoms with Crippen molar-refractivity contribution in [3.05, 3.63) is 0 Å². The van der Waals surface area contributed by atoms with Crippen LogP contribution in [-0.4, -0.2) is 42.9 Å². The van der Waals surface area contributed by atoms with E-state index in [2.05, 4.69) is 12.2 Å². The van der Waals surface area contributed by atoms with Crippen LogP contribution in [0.3, 0.4) is 0 Å². The van der Waals surface area contributed by atoms with Crippen molar-refractivity contribution in [2.24, 2.45) is 0 Å². The van der Waals surface area contributed by atoms with Gasteiger partial charge in [-0.05, 0) is 6.42 Å². The topological polar surface area (TPSA) is 101 Å². The molecule has 7 heteroatoms. The Hall–Kier alpha value is -1.11. The number of aliphatic carboxylic acids is 1. The fourth-order valence-electron chi connectivity index (χ4n) is 2.04. The number of carbonyl (C=O) groups excluding carboxylic acids is 1. The van der Waals surface area contributed by atoms with Crippen LogP contribution in [0.4, 0.5) is 0 Å². The normalized spacial score (nSPS) is 12.9. The molecule has 21 heavy (non-hydrogen) atoms. The second kappa shape index (κ2) is 10.6. The lowest BCUT2D eigenvalue weighted by Gasteiger charge is -2.13. The second-order valence-corrected chi connectivity index (χ2v) is 7.56. The van der Waals surface area contributed by atoms with Crippen LogP contribution >= 0.6 is 0 Å². The van der Waals surface area contributed by atoms with E-state index in [1.807, 2.05) is 0 Å². The van der Waals surface area contributed by atoms with Gasteiger partial charge >= 0.3 is 5.97 Å². The Kier molecular flexibility index (Phi) is 10.0. The van der Waals surface area contributed by atoms with Gasteiger partial charge in [0, 0.05) is 6.92 Å². The van der Waals surface area contributed by atoms with Crippen LogP contribution in [0.5, 0.6) is 0 Å². The molecule has 1 amide bonds. The van der Waals surface area contributed by atoms with Crippen LogP contribution in [0.1, 0.15) is 58.8 Å². The molecule has 0 rings (SSSR count). The zero-order valence-electron chi connectivity index (χ0n) is 12.9. The van der Waals surface area contributed by atoms with Gasteiger partial charge in [-0.15, -0.1) is 0 Å².